The van der Waals surface area contributed by atoms with Crippen molar-refractivity contribution in [2.24, 2.45) is 0 Å². The zero-order valence-electron chi connectivity index (χ0n) is 16.3. The molecule has 8 nitrogen and oxygen atoms in total. The molecular formula is C19H25N5O3S. The normalized spacial score (nSPS) is 13.2. The number of carbonyl (C=O) groups excluding carboxylic acids is 2. The van der Waals surface area contributed by atoms with Crippen LogP contribution in [0.3, 0.4) is 0 Å². The fourth-order valence-electron chi connectivity index (χ4n) is 2.68. The Kier molecular flexibility index (Phi) is 6.56. The van der Waals surface area contributed by atoms with Gasteiger partial charge in [0.25, 0.3) is 0 Å². The average molecular weight is 404 g/mol. The zero-order valence-corrected chi connectivity index (χ0v) is 17.2. The molecule has 1 aliphatic carbocycles. The van der Waals surface area contributed by atoms with Crippen LogP contribution in [0.25, 0.3) is 11.4 Å². The van der Waals surface area contributed by atoms with Crippen LogP contribution in [-0.2, 0) is 16.1 Å². The number of likely N-dealkylation sites (N-methyl/N-ethyl adjacent to an activating group) is 1. The minimum atomic E-state index is -0.118. The van der Waals surface area contributed by atoms with E-state index in [1.807, 2.05) is 35.8 Å². The molecule has 1 fully saturated rings. The first kappa shape index (κ1) is 20.2. The lowest BCUT2D eigenvalue weighted by Crippen LogP contribution is -2.39. The molecule has 1 aromatic carbocycles. The summed E-state index contributed by atoms with van der Waals surface area (Å²) in [5, 5.41) is 12.1. The summed E-state index contributed by atoms with van der Waals surface area (Å²) in [5.41, 5.74) is 0.933. The second-order valence-electron chi connectivity index (χ2n) is 6.66. The lowest BCUT2D eigenvalue weighted by atomic mass is 10.2. The van der Waals surface area contributed by atoms with Crippen molar-refractivity contribution in [1.82, 2.24) is 25.0 Å². The second kappa shape index (κ2) is 9.09. The number of benzene rings is 1. The van der Waals surface area contributed by atoms with Crippen molar-refractivity contribution in [2.45, 2.75) is 37.5 Å². The van der Waals surface area contributed by atoms with Crippen LogP contribution in [0.2, 0.25) is 0 Å². The zero-order chi connectivity index (χ0) is 20.1. The van der Waals surface area contributed by atoms with Gasteiger partial charge in [-0.1, -0.05) is 11.8 Å². The Morgan fingerprint density at radius 3 is 2.61 bits per heavy atom. The van der Waals surface area contributed by atoms with Crippen molar-refractivity contribution in [3.05, 3.63) is 24.3 Å². The van der Waals surface area contributed by atoms with Crippen LogP contribution in [0.4, 0.5) is 0 Å². The fraction of sp³-hybridized carbons (Fsp3) is 0.474. The second-order valence-corrected chi connectivity index (χ2v) is 7.60. The van der Waals surface area contributed by atoms with Gasteiger partial charge in [-0.3, -0.25) is 9.59 Å². The number of ether oxygens (including phenoxy) is 1. The fourth-order valence-corrected chi connectivity index (χ4v) is 3.62. The third-order valence-electron chi connectivity index (χ3n) is 4.46. The molecular weight excluding hydrogens is 378 g/mol. The molecule has 2 aromatic rings. The number of nitrogens with one attached hydrogen (secondary N) is 1. The Morgan fingerprint density at radius 2 is 2.00 bits per heavy atom. The summed E-state index contributed by atoms with van der Waals surface area (Å²) in [6, 6.07) is 7.91. The van der Waals surface area contributed by atoms with Crippen LogP contribution in [0, 0.1) is 0 Å². The van der Waals surface area contributed by atoms with E-state index < -0.39 is 0 Å². The molecule has 0 saturated heterocycles. The average Bonchev–Trinajstić information content (AvgIpc) is 3.41. The highest BCUT2D eigenvalue weighted by atomic mass is 32.2. The molecule has 1 aromatic heterocycles. The lowest BCUT2D eigenvalue weighted by Gasteiger charge is -2.16. The molecule has 9 heteroatoms. The van der Waals surface area contributed by atoms with Crippen LogP contribution >= 0.6 is 11.8 Å². The summed E-state index contributed by atoms with van der Waals surface area (Å²) in [7, 11) is 3.27. The molecule has 0 unspecified atom stereocenters. The smallest absolute Gasteiger partial charge is 0.239 e. The van der Waals surface area contributed by atoms with E-state index in [-0.39, 0.29) is 24.1 Å². The van der Waals surface area contributed by atoms with Crippen LogP contribution in [-0.4, -0.2) is 64.0 Å². The summed E-state index contributed by atoms with van der Waals surface area (Å²) >= 11 is 1.33. The summed E-state index contributed by atoms with van der Waals surface area (Å²) in [6.45, 7) is 2.77. The van der Waals surface area contributed by atoms with Gasteiger partial charge in [-0.05, 0) is 44.0 Å². The predicted octanol–water partition coefficient (Wildman–Crippen LogP) is 1.80. The Bertz CT molecular complexity index is 833. The van der Waals surface area contributed by atoms with Gasteiger partial charge in [0.2, 0.25) is 11.8 Å². The summed E-state index contributed by atoms with van der Waals surface area (Å²) < 4.78 is 7.16. The maximum Gasteiger partial charge on any atom is 0.239 e. The summed E-state index contributed by atoms with van der Waals surface area (Å²) in [4.78, 5) is 25.6. The number of methoxy groups -OCH3 is 1. The first-order chi connectivity index (χ1) is 13.5. The number of amides is 2. The lowest BCUT2D eigenvalue weighted by molar-refractivity contribution is -0.132. The molecule has 0 radical (unpaired) electrons. The Hall–Kier alpha value is -2.55. The van der Waals surface area contributed by atoms with Gasteiger partial charge in [-0.2, -0.15) is 0 Å². The number of rotatable bonds is 9. The molecule has 1 heterocycles. The number of carbonyl (C=O) groups is 2. The predicted molar refractivity (Wildman–Crippen MR) is 107 cm³/mol. The quantitative estimate of drug-likeness (QED) is 0.642. The molecule has 150 valence electrons. The van der Waals surface area contributed by atoms with E-state index in [1.165, 1.54) is 16.7 Å². The van der Waals surface area contributed by atoms with E-state index in [4.69, 9.17) is 4.74 Å². The molecule has 0 aliphatic heterocycles. The van der Waals surface area contributed by atoms with Crippen molar-refractivity contribution in [1.29, 1.82) is 0 Å². The largest absolute Gasteiger partial charge is 0.497 e. The maximum atomic E-state index is 12.4. The first-order valence-corrected chi connectivity index (χ1v) is 10.2. The van der Waals surface area contributed by atoms with Crippen molar-refractivity contribution in [3.63, 3.8) is 0 Å². The van der Waals surface area contributed by atoms with Gasteiger partial charge in [-0.25, -0.2) is 0 Å². The SMILES string of the molecule is CCn1c(SCC(=O)N(C)CC(=O)NC2CC2)nnc1-c1ccc(OC)cc1. The monoisotopic (exact) mass is 403 g/mol. The Morgan fingerprint density at radius 1 is 1.29 bits per heavy atom. The van der Waals surface area contributed by atoms with E-state index in [2.05, 4.69) is 15.5 Å². The number of aromatic nitrogens is 3. The van der Waals surface area contributed by atoms with Crippen molar-refractivity contribution in [3.8, 4) is 17.1 Å². The minimum Gasteiger partial charge on any atom is -0.497 e. The van der Waals surface area contributed by atoms with Crippen LogP contribution in [0.1, 0.15) is 19.8 Å². The maximum absolute atomic E-state index is 12.4. The third-order valence-corrected chi connectivity index (χ3v) is 5.41. The molecule has 1 saturated carbocycles. The highest BCUT2D eigenvalue weighted by Gasteiger charge is 2.24. The van der Waals surface area contributed by atoms with Crippen LogP contribution in [0.5, 0.6) is 5.75 Å². The standard InChI is InChI=1S/C19H25N5O3S/c1-4-24-18(13-5-9-15(27-3)10-6-13)21-22-19(24)28-12-17(26)23(2)11-16(25)20-14-7-8-14/h5-6,9-10,14H,4,7-8,11-12H2,1-3H3,(H,20,25). The highest BCUT2D eigenvalue weighted by Crippen LogP contribution is 2.25. The Labute approximate surface area is 168 Å². The molecule has 28 heavy (non-hydrogen) atoms. The van der Waals surface area contributed by atoms with Gasteiger partial charge in [0.05, 0.1) is 19.4 Å². The summed E-state index contributed by atoms with van der Waals surface area (Å²) in [5.74, 6) is 1.50. The minimum absolute atomic E-state index is 0.0768. The van der Waals surface area contributed by atoms with E-state index in [1.54, 1.807) is 14.2 Å². The first-order valence-electron chi connectivity index (χ1n) is 9.25. The van der Waals surface area contributed by atoms with E-state index in [9.17, 15) is 9.59 Å². The third kappa shape index (κ3) is 5.03. The molecule has 1 N–H and O–H groups in total. The van der Waals surface area contributed by atoms with Gasteiger partial charge >= 0.3 is 0 Å². The van der Waals surface area contributed by atoms with E-state index in [0.29, 0.717) is 17.7 Å². The molecule has 0 spiro atoms. The number of nitrogens with zero attached hydrogens (tertiary/aromatic N) is 4. The van der Waals surface area contributed by atoms with Crippen LogP contribution in [0.15, 0.2) is 29.4 Å². The van der Waals surface area contributed by atoms with Crippen molar-refractivity contribution < 1.29 is 14.3 Å². The van der Waals surface area contributed by atoms with Gasteiger partial charge in [0.15, 0.2) is 11.0 Å². The molecule has 2 amide bonds. The number of hydrogen-bond donors (Lipinski definition) is 1. The topological polar surface area (TPSA) is 89.4 Å². The van der Waals surface area contributed by atoms with Crippen LogP contribution < -0.4 is 10.1 Å². The highest BCUT2D eigenvalue weighted by molar-refractivity contribution is 7.99. The molecule has 0 atom stereocenters. The van der Waals surface area contributed by atoms with Gasteiger partial charge < -0.3 is 19.5 Å². The van der Waals surface area contributed by atoms with Crippen molar-refractivity contribution >= 4 is 23.6 Å². The Balaban J connectivity index is 1.59. The number of hydrogen-bond acceptors (Lipinski definition) is 6. The van der Waals surface area contributed by atoms with E-state index >= 15 is 0 Å². The molecule has 1 aliphatic rings. The van der Waals surface area contributed by atoms with Gasteiger partial charge in [0, 0.05) is 25.2 Å². The number of thioether (sulfide) groups is 1. The van der Waals surface area contributed by atoms with Gasteiger partial charge in [-0.15, -0.1) is 10.2 Å². The summed E-state index contributed by atoms with van der Waals surface area (Å²) in [6.07, 6.45) is 2.06. The van der Waals surface area contributed by atoms with Gasteiger partial charge in [0.1, 0.15) is 5.75 Å². The van der Waals surface area contributed by atoms with Crippen molar-refractivity contribution in [2.75, 3.05) is 26.5 Å². The van der Waals surface area contributed by atoms with E-state index in [0.717, 1.165) is 30.0 Å². The molecule has 0 bridgehead atoms. The molecule has 3 rings (SSSR count).